The molecule has 2 nitrogen and oxygen atoms in total. The fraction of sp³-hybridized carbons (Fsp3) is 0.600. The summed E-state index contributed by atoms with van der Waals surface area (Å²) in [5, 5.41) is 0. The fourth-order valence-corrected chi connectivity index (χ4v) is 2.56. The summed E-state index contributed by atoms with van der Waals surface area (Å²) in [6, 6.07) is 4.25. The molecule has 0 aliphatic carbocycles. The molecule has 0 saturated carbocycles. The van der Waals surface area contributed by atoms with Crippen molar-refractivity contribution in [2.24, 2.45) is 11.7 Å². The van der Waals surface area contributed by atoms with E-state index in [0.29, 0.717) is 5.92 Å². The lowest BCUT2D eigenvalue weighted by atomic mass is 9.76. The second kappa shape index (κ2) is 5.09. The van der Waals surface area contributed by atoms with E-state index in [2.05, 4.69) is 46.8 Å². The number of nitrogens with two attached hydrogens (primary N) is 1. The van der Waals surface area contributed by atoms with Crippen molar-refractivity contribution in [2.45, 2.75) is 46.6 Å². The first kappa shape index (κ1) is 14.0. The van der Waals surface area contributed by atoms with Crippen molar-refractivity contribution in [1.82, 2.24) is 0 Å². The van der Waals surface area contributed by atoms with E-state index in [1.165, 1.54) is 11.1 Å². The van der Waals surface area contributed by atoms with Crippen LogP contribution in [0.4, 0.5) is 0 Å². The lowest BCUT2D eigenvalue weighted by molar-refractivity contribution is 0.288. The van der Waals surface area contributed by atoms with Crippen LogP contribution in [0.15, 0.2) is 12.1 Å². The fourth-order valence-electron chi connectivity index (χ4n) is 2.56. The van der Waals surface area contributed by atoms with Gasteiger partial charge in [-0.2, -0.15) is 0 Å². The standard InChI is InChI=1S/C15H25NO/c1-7-15(16,10(2)3)14-12(5)8-11(4)9-13(14)17-6/h8-10H,7,16H2,1-6H3. The van der Waals surface area contributed by atoms with Gasteiger partial charge in [0.15, 0.2) is 0 Å². The minimum Gasteiger partial charge on any atom is -0.496 e. The summed E-state index contributed by atoms with van der Waals surface area (Å²) in [5.74, 6) is 1.29. The molecule has 1 unspecified atom stereocenters. The maximum atomic E-state index is 6.61. The van der Waals surface area contributed by atoms with Crippen LogP contribution in [0.25, 0.3) is 0 Å². The first-order chi connectivity index (χ1) is 7.86. The summed E-state index contributed by atoms with van der Waals surface area (Å²) in [5.41, 5.74) is 9.88. The highest BCUT2D eigenvalue weighted by atomic mass is 16.5. The van der Waals surface area contributed by atoms with E-state index < -0.39 is 0 Å². The van der Waals surface area contributed by atoms with Gasteiger partial charge in [-0.1, -0.05) is 26.8 Å². The smallest absolute Gasteiger partial charge is 0.124 e. The zero-order valence-electron chi connectivity index (χ0n) is 11.9. The van der Waals surface area contributed by atoms with Crippen LogP contribution in [0.5, 0.6) is 5.75 Å². The zero-order valence-corrected chi connectivity index (χ0v) is 11.9. The summed E-state index contributed by atoms with van der Waals surface area (Å²) < 4.78 is 5.53. The van der Waals surface area contributed by atoms with Crippen LogP contribution in [-0.2, 0) is 5.54 Å². The molecule has 1 rings (SSSR count). The Bertz CT molecular complexity index is 398. The molecule has 1 aromatic carbocycles. The minimum absolute atomic E-state index is 0.316. The molecule has 0 heterocycles. The van der Waals surface area contributed by atoms with Crippen LogP contribution in [-0.4, -0.2) is 7.11 Å². The first-order valence-corrected chi connectivity index (χ1v) is 6.31. The molecule has 0 spiro atoms. The van der Waals surface area contributed by atoms with Crippen LogP contribution < -0.4 is 10.5 Å². The maximum absolute atomic E-state index is 6.61. The van der Waals surface area contributed by atoms with E-state index in [0.717, 1.165) is 17.7 Å². The second-order valence-electron chi connectivity index (χ2n) is 5.21. The number of rotatable bonds is 4. The van der Waals surface area contributed by atoms with Gasteiger partial charge in [-0.25, -0.2) is 0 Å². The van der Waals surface area contributed by atoms with Crippen LogP contribution in [0, 0.1) is 19.8 Å². The van der Waals surface area contributed by atoms with Gasteiger partial charge in [-0.15, -0.1) is 0 Å². The molecule has 0 aliphatic rings. The summed E-state index contributed by atoms with van der Waals surface area (Å²) in [7, 11) is 1.72. The molecule has 0 amide bonds. The van der Waals surface area contributed by atoms with E-state index in [-0.39, 0.29) is 5.54 Å². The van der Waals surface area contributed by atoms with Gasteiger partial charge in [-0.3, -0.25) is 0 Å². The zero-order chi connectivity index (χ0) is 13.2. The molecule has 1 aromatic rings. The molecule has 0 saturated heterocycles. The molecule has 0 fully saturated rings. The molecule has 2 heteroatoms. The normalized spacial score (nSPS) is 14.8. The van der Waals surface area contributed by atoms with Crippen LogP contribution in [0.1, 0.15) is 43.9 Å². The molecule has 0 aromatic heterocycles. The van der Waals surface area contributed by atoms with Gasteiger partial charge >= 0.3 is 0 Å². The van der Waals surface area contributed by atoms with Gasteiger partial charge in [0.05, 0.1) is 7.11 Å². The number of hydrogen-bond acceptors (Lipinski definition) is 2. The Morgan fingerprint density at radius 2 is 1.88 bits per heavy atom. The van der Waals surface area contributed by atoms with Crippen molar-refractivity contribution in [1.29, 1.82) is 0 Å². The highest BCUT2D eigenvalue weighted by Gasteiger charge is 2.33. The monoisotopic (exact) mass is 235 g/mol. The Morgan fingerprint density at radius 3 is 2.29 bits per heavy atom. The van der Waals surface area contributed by atoms with Crippen molar-refractivity contribution in [3.8, 4) is 5.75 Å². The van der Waals surface area contributed by atoms with Crippen molar-refractivity contribution in [2.75, 3.05) is 7.11 Å². The third-order valence-corrected chi connectivity index (χ3v) is 3.74. The predicted molar refractivity (Wildman–Crippen MR) is 73.5 cm³/mol. The third kappa shape index (κ3) is 2.47. The number of methoxy groups -OCH3 is 1. The van der Waals surface area contributed by atoms with E-state index >= 15 is 0 Å². The predicted octanol–water partition coefficient (Wildman–Crippen LogP) is 3.53. The molecule has 0 radical (unpaired) electrons. The summed E-state index contributed by atoms with van der Waals surface area (Å²) in [6.07, 6.45) is 0.908. The van der Waals surface area contributed by atoms with Crippen LogP contribution in [0.3, 0.4) is 0 Å². The molecule has 0 aliphatic heterocycles. The number of hydrogen-bond donors (Lipinski definition) is 1. The van der Waals surface area contributed by atoms with Crippen molar-refractivity contribution >= 4 is 0 Å². The van der Waals surface area contributed by atoms with Gasteiger partial charge in [0.2, 0.25) is 0 Å². The van der Waals surface area contributed by atoms with Crippen molar-refractivity contribution in [3.05, 3.63) is 28.8 Å². The summed E-state index contributed by atoms with van der Waals surface area (Å²) >= 11 is 0. The molecule has 1 atom stereocenters. The largest absolute Gasteiger partial charge is 0.496 e. The Morgan fingerprint density at radius 1 is 1.29 bits per heavy atom. The number of benzene rings is 1. The average Bonchev–Trinajstić information content (AvgIpc) is 2.26. The molecular formula is C15H25NO. The highest BCUT2D eigenvalue weighted by molar-refractivity contribution is 5.47. The van der Waals surface area contributed by atoms with Crippen molar-refractivity contribution in [3.63, 3.8) is 0 Å². The molecule has 96 valence electrons. The summed E-state index contributed by atoms with van der Waals surface area (Å²) in [6.45, 7) is 10.7. The average molecular weight is 235 g/mol. The Hall–Kier alpha value is -1.02. The Balaban J connectivity index is 3.48. The van der Waals surface area contributed by atoms with E-state index in [9.17, 15) is 0 Å². The van der Waals surface area contributed by atoms with Gasteiger partial charge in [0.1, 0.15) is 5.75 Å². The second-order valence-corrected chi connectivity index (χ2v) is 5.21. The van der Waals surface area contributed by atoms with Crippen LogP contribution >= 0.6 is 0 Å². The van der Waals surface area contributed by atoms with Crippen molar-refractivity contribution < 1.29 is 4.74 Å². The quantitative estimate of drug-likeness (QED) is 0.866. The lowest BCUT2D eigenvalue weighted by Gasteiger charge is -2.35. The maximum Gasteiger partial charge on any atom is 0.124 e. The SMILES string of the molecule is CCC(N)(c1c(C)cc(C)cc1OC)C(C)C. The van der Waals surface area contributed by atoms with Gasteiger partial charge in [0.25, 0.3) is 0 Å². The highest BCUT2D eigenvalue weighted by Crippen LogP contribution is 2.39. The molecule has 0 bridgehead atoms. The topological polar surface area (TPSA) is 35.2 Å². The Labute approximate surface area is 105 Å². The lowest BCUT2D eigenvalue weighted by Crippen LogP contribution is -2.42. The molecular weight excluding hydrogens is 210 g/mol. The molecule has 17 heavy (non-hydrogen) atoms. The third-order valence-electron chi connectivity index (χ3n) is 3.74. The van der Waals surface area contributed by atoms with Gasteiger partial charge in [-0.05, 0) is 43.4 Å². The number of ether oxygens (including phenoxy) is 1. The van der Waals surface area contributed by atoms with E-state index in [1.807, 2.05) is 0 Å². The van der Waals surface area contributed by atoms with Gasteiger partial charge in [0, 0.05) is 11.1 Å². The summed E-state index contributed by atoms with van der Waals surface area (Å²) in [4.78, 5) is 0. The first-order valence-electron chi connectivity index (χ1n) is 6.31. The number of aryl methyl sites for hydroxylation is 2. The van der Waals surface area contributed by atoms with Gasteiger partial charge < -0.3 is 10.5 Å². The Kier molecular flexibility index (Phi) is 4.21. The molecule has 2 N–H and O–H groups in total. The van der Waals surface area contributed by atoms with E-state index in [4.69, 9.17) is 10.5 Å². The van der Waals surface area contributed by atoms with Crippen LogP contribution in [0.2, 0.25) is 0 Å². The minimum atomic E-state index is -0.316. The van der Waals surface area contributed by atoms with E-state index in [1.54, 1.807) is 7.11 Å².